The summed E-state index contributed by atoms with van der Waals surface area (Å²) in [6.07, 6.45) is 0. The van der Waals surface area contributed by atoms with Crippen molar-refractivity contribution in [2.45, 2.75) is 0 Å². The first-order chi connectivity index (χ1) is 11.1. The molecule has 6 heteroatoms. The number of ether oxygens (including phenoxy) is 4. The molecule has 0 aliphatic heterocycles. The van der Waals surface area contributed by atoms with Crippen LogP contribution in [0.4, 0.5) is 5.69 Å². The van der Waals surface area contributed by atoms with Crippen molar-refractivity contribution in [1.82, 2.24) is 0 Å². The molecule has 122 valence electrons. The molecule has 2 rings (SSSR count). The maximum absolute atomic E-state index is 12.6. The van der Waals surface area contributed by atoms with Gasteiger partial charge in [-0.05, 0) is 12.1 Å². The van der Waals surface area contributed by atoms with E-state index in [2.05, 4.69) is 5.32 Å². The molecule has 0 spiro atoms. The molecule has 1 N–H and O–H groups in total. The summed E-state index contributed by atoms with van der Waals surface area (Å²) in [5.74, 6) is 1.65. The van der Waals surface area contributed by atoms with E-state index in [4.69, 9.17) is 18.9 Å². The fourth-order valence-electron chi connectivity index (χ4n) is 2.15. The molecule has 0 bridgehead atoms. The number of carbonyl (C=O) groups is 1. The number of rotatable bonds is 6. The smallest absolute Gasteiger partial charge is 0.263 e. The topological polar surface area (TPSA) is 66.0 Å². The lowest BCUT2D eigenvalue weighted by molar-refractivity contribution is 0.102. The van der Waals surface area contributed by atoms with E-state index in [-0.39, 0.29) is 5.91 Å². The van der Waals surface area contributed by atoms with Crippen LogP contribution in [0, 0.1) is 0 Å². The Morgan fingerprint density at radius 3 is 1.78 bits per heavy atom. The van der Waals surface area contributed by atoms with Crippen LogP contribution in [0.15, 0.2) is 36.4 Å². The first kappa shape index (κ1) is 16.5. The van der Waals surface area contributed by atoms with Gasteiger partial charge in [0.15, 0.2) is 0 Å². The minimum Gasteiger partial charge on any atom is -0.497 e. The van der Waals surface area contributed by atoms with Crippen LogP contribution in [0.25, 0.3) is 0 Å². The highest BCUT2D eigenvalue weighted by molar-refractivity contribution is 6.08. The average Bonchev–Trinajstić information content (AvgIpc) is 2.60. The summed E-state index contributed by atoms with van der Waals surface area (Å²) in [5.41, 5.74) is 0.860. The number of hydrogen-bond donors (Lipinski definition) is 1. The zero-order chi connectivity index (χ0) is 16.8. The van der Waals surface area contributed by atoms with Gasteiger partial charge in [0.05, 0.1) is 28.4 Å². The molecular weight excluding hydrogens is 298 g/mol. The van der Waals surface area contributed by atoms with Gasteiger partial charge in [0.2, 0.25) is 0 Å². The number of anilines is 1. The molecule has 0 aliphatic carbocycles. The van der Waals surface area contributed by atoms with E-state index in [1.54, 1.807) is 50.6 Å². The standard InChI is InChI=1S/C17H19NO5/c1-20-12-8-11(9-13(10-12)21-2)18-17(19)16-14(22-3)6-5-7-15(16)23-4/h5-10H,1-4H3,(H,18,19). The molecule has 0 unspecified atom stereocenters. The van der Waals surface area contributed by atoms with E-state index in [1.807, 2.05) is 0 Å². The van der Waals surface area contributed by atoms with Gasteiger partial charge in [0, 0.05) is 23.9 Å². The zero-order valence-electron chi connectivity index (χ0n) is 13.5. The summed E-state index contributed by atoms with van der Waals surface area (Å²) in [5, 5.41) is 2.80. The third-order valence-electron chi connectivity index (χ3n) is 3.26. The Morgan fingerprint density at radius 1 is 0.826 bits per heavy atom. The van der Waals surface area contributed by atoms with Gasteiger partial charge in [-0.25, -0.2) is 0 Å². The lowest BCUT2D eigenvalue weighted by Crippen LogP contribution is -2.14. The zero-order valence-corrected chi connectivity index (χ0v) is 13.5. The van der Waals surface area contributed by atoms with Crippen molar-refractivity contribution in [2.24, 2.45) is 0 Å². The monoisotopic (exact) mass is 317 g/mol. The lowest BCUT2D eigenvalue weighted by atomic mass is 10.1. The maximum atomic E-state index is 12.6. The van der Waals surface area contributed by atoms with Gasteiger partial charge in [-0.1, -0.05) is 6.07 Å². The van der Waals surface area contributed by atoms with E-state index in [1.165, 1.54) is 14.2 Å². The molecule has 2 aromatic carbocycles. The van der Waals surface area contributed by atoms with E-state index >= 15 is 0 Å². The highest BCUT2D eigenvalue weighted by Gasteiger charge is 2.18. The lowest BCUT2D eigenvalue weighted by Gasteiger charge is -2.14. The number of nitrogens with one attached hydrogen (secondary N) is 1. The highest BCUT2D eigenvalue weighted by atomic mass is 16.5. The Kier molecular flexibility index (Phi) is 5.30. The number of methoxy groups -OCH3 is 4. The van der Waals surface area contributed by atoms with Crippen LogP contribution in [-0.4, -0.2) is 34.3 Å². The minimum absolute atomic E-state index is 0.319. The van der Waals surface area contributed by atoms with Gasteiger partial charge in [-0.2, -0.15) is 0 Å². The molecule has 0 aromatic heterocycles. The Labute approximate surface area is 134 Å². The summed E-state index contributed by atoms with van der Waals surface area (Å²) in [4.78, 5) is 12.6. The molecule has 0 heterocycles. The quantitative estimate of drug-likeness (QED) is 0.887. The molecule has 2 aromatic rings. The van der Waals surface area contributed by atoms with Gasteiger partial charge in [-0.15, -0.1) is 0 Å². The van der Waals surface area contributed by atoms with Crippen molar-refractivity contribution in [3.8, 4) is 23.0 Å². The molecular formula is C17H19NO5. The van der Waals surface area contributed by atoms with Crippen LogP contribution in [0.2, 0.25) is 0 Å². The molecule has 0 atom stereocenters. The SMILES string of the molecule is COc1cc(NC(=O)c2c(OC)cccc2OC)cc(OC)c1. The summed E-state index contributed by atoms with van der Waals surface area (Å²) in [6, 6.07) is 10.3. The third kappa shape index (κ3) is 3.66. The van der Waals surface area contributed by atoms with Gasteiger partial charge >= 0.3 is 0 Å². The number of hydrogen-bond acceptors (Lipinski definition) is 5. The Morgan fingerprint density at radius 2 is 1.35 bits per heavy atom. The summed E-state index contributed by atoms with van der Waals surface area (Å²) < 4.78 is 20.9. The maximum Gasteiger partial charge on any atom is 0.263 e. The van der Waals surface area contributed by atoms with Gasteiger partial charge in [0.1, 0.15) is 28.6 Å². The second-order valence-electron chi connectivity index (χ2n) is 4.59. The largest absolute Gasteiger partial charge is 0.497 e. The van der Waals surface area contributed by atoms with Crippen molar-refractivity contribution in [2.75, 3.05) is 33.8 Å². The van der Waals surface area contributed by atoms with Gasteiger partial charge in [-0.3, -0.25) is 4.79 Å². The van der Waals surface area contributed by atoms with Gasteiger partial charge in [0.25, 0.3) is 5.91 Å². The molecule has 6 nitrogen and oxygen atoms in total. The number of benzene rings is 2. The van der Waals surface area contributed by atoms with Crippen LogP contribution in [0.1, 0.15) is 10.4 Å². The third-order valence-corrected chi connectivity index (χ3v) is 3.26. The second kappa shape index (κ2) is 7.40. The summed E-state index contributed by atoms with van der Waals surface area (Å²) in [7, 11) is 6.09. The van der Waals surface area contributed by atoms with Crippen LogP contribution in [-0.2, 0) is 0 Å². The van der Waals surface area contributed by atoms with Crippen LogP contribution in [0.5, 0.6) is 23.0 Å². The Hall–Kier alpha value is -2.89. The van der Waals surface area contributed by atoms with E-state index < -0.39 is 0 Å². The predicted molar refractivity (Wildman–Crippen MR) is 87.0 cm³/mol. The van der Waals surface area contributed by atoms with E-state index in [0.717, 1.165) is 0 Å². The molecule has 1 amide bonds. The number of carbonyl (C=O) groups excluding carboxylic acids is 1. The van der Waals surface area contributed by atoms with E-state index in [9.17, 15) is 4.79 Å². The molecule has 0 fully saturated rings. The minimum atomic E-state index is -0.352. The molecule has 0 saturated heterocycles. The van der Waals surface area contributed by atoms with Crippen molar-refractivity contribution in [3.05, 3.63) is 42.0 Å². The van der Waals surface area contributed by atoms with Crippen molar-refractivity contribution in [3.63, 3.8) is 0 Å². The Balaban J connectivity index is 2.36. The van der Waals surface area contributed by atoms with Crippen LogP contribution < -0.4 is 24.3 Å². The number of amides is 1. The van der Waals surface area contributed by atoms with Crippen molar-refractivity contribution < 1.29 is 23.7 Å². The highest BCUT2D eigenvalue weighted by Crippen LogP contribution is 2.31. The second-order valence-corrected chi connectivity index (χ2v) is 4.59. The van der Waals surface area contributed by atoms with E-state index in [0.29, 0.717) is 34.2 Å². The Bertz CT molecular complexity index is 655. The molecule has 0 aliphatic rings. The average molecular weight is 317 g/mol. The molecule has 0 saturated carbocycles. The summed E-state index contributed by atoms with van der Waals surface area (Å²) in [6.45, 7) is 0. The van der Waals surface area contributed by atoms with Crippen molar-refractivity contribution >= 4 is 11.6 Å². The fraction of sp³-hybridized carbons (Fsp3) is 0.235. The first-order valence-corrected chi connectivity index (χ1v) is 6.88. The summed E-state index contributed by atoms with van der Waals surface area (Å²) >= 11 is 0. The van der Waals surface area contributed by atoms with Crippen molar-refractivity contribution in [1.29, 1.82) is 0 Å². The first-order valence-electron chi connectivity index (χ1n) is 6.88. The van der Waals surface area contributed by atoms with Crippen LogP contribution >= 0.6 is 0 Å². The normalized spacial score (nSPS) is 9.91. The predicted octanol–water partition coefficient (Wildman–Crippen LogP) is 2.97. The molecule has 0 radical (unpaired) electrons. The fourth-order valence-corrected chi connectivity index (χ4v) is 2.15. The van der Waals surface area contributed by atoms with Gasteiger partial charge < -0.3 is 24.3 Å². The van der Waals surface area contributed by atoms with Crippen LogP contribution in [0.3, 0.4) is 0 Å². The molecule has 23 heavy (non-hydrogen) atoms.